The monoisotopic (exact) mass is 605 g/mol. The van der Waals surface area contributed by atoms with Crippen LogP contribution in [0.4, 0.5) is 16.3 Å². The fourth-order valence-corrected chi connectivity index (χ4v) is 5.76. The van der Waals surface area contributed by atoms with E-state index in [9.17, 15) is 4.79 Å². The van der Waals surface area contributed by atoms with Gasteiger partial charge < -0.3 is 29.2 Å². The summed E-state index contributed by atoms with van der Waals surface area (Å²) < 4.78 is 23.0. The van der Waals surface area contributed by atoms with Gasteiger partial charge in [-0.05, 0) is 36.4 Å². The number of thiophene rings is 1. The number of halogens is 1. The van der Waals surface area contributed by atoms with Gasteiger partial charge in [0.25, 0.3) is 0 Å². The zero-order valence-electron chi connectivity index (χ0n) is 22.8. The molecule has 6 rings (SSSR count). The van der Waals surface area contributed by atoms with E-state index in [2.05, 4.69) is 32.4 Å². The number of methoxy groups -OCH3 is 1. The standard InChI is InChI=1S/C30H28ClN5O5S/c1-38-21-3-2-4-22(15-21)40-27-8-6-20(14-25(27)31)35-29-28-26(33-18-34-29)16-24(42-28)7-5-19-13-23(17-32-19)41-30(37)36-9-11-39-12-10-36/h2-4,6,8,14-16,18-19,23,32H,9-13,17H2,1H3,(H,33,34,35)/t19-,23-/m1/s1. The fraction of sp³-hybridized carbons (Fsp3) is 0.300. The number of benzene rings is 2. The third-order valence-electron chi connectivity index (χ3n) is 6.77. The van der Waals surface area contributed by atoms with Crippen LogP contribution in [-0.2, 0) is 9.47 Å². The van der Waals surface area contributed by atoms with Gasteiger partial charge in [0.2, 0.25) is 0 Å². The molecule has 2 atom stereocenters. The van der Waals surface area contributed by atoms with Crippen molar-refractivity contribution in [2.24, 2.45) is 0 Å². The third kappa shape index (κ3) is 6.69. The van der Waals surface area contributed by atoms with Gasteiger partial charge in [-0.3, -0.25) is 5.32 Å². The average Bonchev–Trinajstić information content (AvgIpc) is 3.65. The van der Waals surface area contributed by atoms with Gasteiger partial charge in [-0.1, -0.05) is 29.5 Å². The quantitative estimate of drug-likeness (QED) is 0.278. The highest BCUT2D eigenvalue weighted by atomic mass is 35.5. The summed E-state index contributed by atoms with van der Waals surface area (Å²) >= 11 is 8.04. The predicted octanol–water partition coefficient (Wildman–Crippen LogP) is 5.44. The zero-order valence-corrected chi connectivity index (χ0v) is 24.3. The van der Waals surface area contributed by atoms with Crippen LogP contribution in [0.15, 0.2) is 54.9 Å². The van der Waals surface area contributed by atoms with Crippen molar-refractivity contribution < 1.29 is 23.7 Å². The van der Waals surface area contributed by atoms with E-state index in [0.717, 1.165) is 20.8 Å². The van der Waals surface area contributed by atoms with Crippen molar-refractivity contribution in [1.82, 2.24) is 20.2 Å². The highest BCUT2D eigenvalue weighted by molar-refractivity contribution is 7.20. The minimum absolute atomic E-state index is 0.0683. The van der Waals surface area contributed by atoms with E-state index in [1.54, 1.807) is 30.2 Å². The van der Waals surface area contributed by atoms with Gasteiger partial charge in [0.05, 0.1) is 46.5 Å². The number of amides is 1. The molecule has 4 heterocycles. The normalized spacial score (nSPS) is 18.3. The van der Waals surface area contributed by atoms with Gasteiger partial charge in [0.1, 0.15) is 29.7 Å². The van der Waals surface area contributed by atoms with E-state index in [-0.39, 0.29) is 18.2 Å². The Morgan fingerprint density at radius 2 is 2.02 bits per heavy atom. The molecular formula is C30H28ClN5O5S. The summed E-state index contributed by atoms with van der Waals surface area (Å²) in [6.45, 7) is 2.79. The van der Waals surface area contributed by atoms with E-state index < -0.39 is 0 Å². The number of hydrogen-bond acceptors (Lipinski definition) is 10. The molecular weight excluding hydrogens is 578 g/mol. The predicted molar refractivity (Wildman–Crippen MR) is 161 cm³/mol. The number of nitrogens with zero attached hydrogens (tertiary/aromatic N) is 3. The molecule has 2 N–H and O–H groups in total. The summed E-state index contributed by atoms with van der Waals surface area (Å²) in [5.41, 5.74) is 1.55. The molecule has 10 nitrogen and oxygen atoms in total. The molecule has 42 heavy (non-hydrogen) atoms. The van der Waals surface area contributed by atoms with Crippen molar-refractivity contribution in [2.75, 3.05) is 45.3 Å². The van der Waals surface area contributed by atoms with Crippen molar-refractivity contribution in [3.63, 3.8) is 0 Å². The van der Waals surface area contributed by atoms with Crippen LogP contribution >= 0.6 is 22.9 Å². The third-order valence-corrected chi connectivity index (χ3v) is 8.11. The summed E-state index contributed by atoms with van der Waals surface area (Å²) in [4.78, 5) is 23.8. The minimum atomic E-state index is -0.290. The number of rotatable bonds is 6. The first-order chi connectivity index (χ1) is 20.5. The number of aromatic nitrogens is 2. The average molecular weight is 606 g/mol. The van der Waals surface area contributed by atoms with Gasteiger partial charge >= 0.3 is 6.09 Å². The summed E-state index contributed by atoms with van der Waals surface area (Å²) in [6.07, 6.45) is 1.66. The summed E-state index contributed by atoms with van der Waals surface area (Å²) in [5.74, 6) is 9.02. The Bertz CT molecular complexity index is 1650. The zero-order chi connectivity index (χ0) is 28.9. The Morgan fingerprint density at radius 3 is 2.86 bits per heavy atom. The van der Waals surface area contributed by atoms with Crippen LogP contribution in [0.25, 0.3) is 10.2 Å². The van der Waals surface area contributed by atoms with Gasteiger partial charge in [0.15, 0.2) is 5.82 Å². The molecule has 0 radical (unpaired) electrons. The molecule has 0 aliphatic carbocycles. The van der Waals surface area contributed by atoms with Crippen LogP contribution in [0.2, 0.25) is 5.02 Å². The lowest BCUT2D eigenvalue weighted by Gasteiger charge is -2.27. The van der Waals surface area contributed by atoms with Crippen molar-refractivity contribution in [3.8, 4) is 29.1 Å². The summed E-state index contributed by atoms with van der Waals surface area (Å²) in [7, 11) is 1.61. The number of anilines is 2. The highest BCUT2D eigenvalue weighted by Crippen LogP contribution is 2.35. The molecule has 2 aliphatic rings. The number of fused-ring (bicyclic) bond motifs is 1. The SMILES string of the molecule is COc1cccc(Oc2ccc(Nc3ncnc4cc(C#C[C@@H]5C[C@@H](OC(=O)N6CCOCC6)CN5)sc34)cc2Cl)c1. The molecule has 2 aromatic heterocycles. The Hall–Kier alpha value is -4.08. The molecule has 0 saturated carbocycles. The first kappa shape index (κ1) is 28.1. The topological polar surface area (TPSA) is 107 Å². The van der Waals surface area contributed by atoms with E-state index in [1.807, 2.05) is 30.3 Å². The number of carbonyl (C=O) groups excluding carboxylic acids is 1. The summed E-state index contributed by atoms with van der Waals surface area (Å²) in [6, 6.07) is 14.7. The van der Waals surface area contributed by atoms with Gasteiger partial charge in [-0.25, -0.2) is 14.8 Å². The van der Waals surface area contributed by atoms with E-state index in [1.165, 1.54) is 17.7 Å². The van der Waals surface area contributed by atoms with Gasteiger partial charge in [-0.2, -0.15) is 0 Å². The molecule has 0 unspecified atom stereocenters. The molecule has 2 aliphatic heterocycles. The van der Waals surface area contributed by atoms with E-state index in [0.29, 0.717) is 67.4 Å². The smallest absolute Gasteiger partial charge is 0.410 e. The Kier molecular flexibility index (Phi) is 8.58. The molecule has 2 saturated heterocycles. The maximum absolute atomic E-state index is 12.4. The van der Waals surface area contributed by atoms with Crippen molar-refractivity contribution in [3.05, 3.63) is 64.8 Å². The molecule has 2 fully saturated rings. The maximum atomic E-state index is 12.4. The number of nitrogens with one attached hydrogen (secondary N) is 2. The van der Waals surface area contributed by atoms with Crippen molar-refractivity contribution in [2.45, 2.75) is 18.6 Å². The first-order valence-corrected chi connectivity index (χ1v) is 14.6. The lowest BCUT2D eigenvalue weighted by molar-refractivity contribution is 0.0156. The minimum Gasteiger partial charge on any atom is -0.497 e. The second kappa shape index (κ2) is 12.8. The van der Waals surface area contributed by atoms with E-state index >= 15 is 0 Å². The summed E-state index contributed by atoms with van der Waals surface area (Å²) in [5, 5.41) is 7.12. The largest absolute Gasteiger partial charge is 0.497 e. The van der Waals surface area contributed by atoms with Crippen LogP contribution in [0.3, 0.4) is 0 Å². The first-order valence-electron chi connectivity index (χ1n) is 13.5. The second-order valence-electron chi connectivity index (χ2n) is 9.67. The van der Waals surface area contributed by atoms with Crippen LogP contribution in [0, 0.1) is 11.8 Å². The molecule has 216 valence electrons. The Labute approximate surface area is 251 Å². The van der Waals surface area contributed by atoms with Gasteiger partial charge in [-0.15, -0.1) is 11.3 Å². The maximum Gasteiger partial charge on any atom is 0.410 e. The molecule has 0 bridgehead atoms. The lowest BCUT2D eigenvalue weighted by atomic mass is 10.2. The molecule has 0 spiro atoms. The number of hydrogen-bond donors (Lipinski definition) is 2. The van der Waals surface area contributed by atoms with Gasteiger partial charge in [0, 0.05) is 37.8 Å². The van der Waals surface area contributed by atoms with Crippen LogP contribution in [-0.4, -0.2) is 73.1 Å². The molecule has 2 aromatic carbocycles. The number of carbonyl (C=O) groups is 1. The van der Waals surface area contributed by atoms with E-state index in [4.69, 9.17) is 30.5 Å². The van der Waals surface area contributed by atoms with Crippen LogP contribution < -0.4 is 20.1 Å². The number of ether oxygens (including phenoxy) is 4. The molecule has 1 amide bonds. The Balaban J connectivity index is 1.10. The molecule has 12 heteroatoms. The van der Waals surface area contributed by atoms with Crippen LogP contribution in [0.5, 0.6) is 17.2 Å². The lowest BCUT2D eigenvalue weighted by Crippen LogP contribution is -2.42. The molecule has 4 aromatic rings. The Morgan fingerprint density at radius 1 is 1.17 bits per heavy atom. The second-order valence-corrected chi connectivity index (χ2v) is 11.1. The fourth-order valence-electron chi connectivity index (χ4n) is 4.62. The number of morpholine rings is 1. The van der Waals surface area contributed by atoms with Crippen molar-refractivity contribution >= 4 is 50.8 Å². The highest BCUT2D eigenvalue weighted by Gasteiger charge is 2.28. The van der Waals surface area contributed by atoms with Crippen molar-refractivity contribution in [1.29, 1.82) is 0 Å². The van der Waals surface area contributed by atoms with Crippen LogP contribution in [0.1, 0.15) is 11.3 Å².